The maximum atomic E-state index is 12.9. The lowest BCUT2D eigenvalue weighted by Crippen LogP contribution is -1.91. The summed E-state index contributed by atoms with van der Waals surface area (Å²) in [6.07, 6.45) is 0. The molecule has 1 heterocycles. The number of hydrogen-bond acceptors (Lipinski definition) is 5. The Morgan fingerprint density at radius 2 is 2.07 bits per heavy atom. The Balaban J connectivity index is 2.55. The number of rotatable bonds is 1. The van der Waals surface area contributed by atoms with Crippen molar-refractivity contribution < 1.29 is 8.91 Å². The molecule has 0 saturated heterocycles. The van der Waals surface area contributed by atoms with Crippen LogP contribution in [0.1, 0.15) is 0 Å². The second-order valence-electron chi connectivity index (χ2n) is 2.69. The van der Waals surface area contributed by atoms with Gasteiger partial charge < -0.3 is 16.0 Å². The van der Waals surface area contributed by atoms with Gasteiger partial charge in [-0.2, -0.15) is 4.98 Å². The van der Waals surface area contributed by atoms with Gasteiger partial charge in [0.2, 0.25) is 0 Å². The summed E-state index contributed by atoms with van der Waals surface area (Å²) in [5.41, 5.74) is 11.5. The zero-order chi connectivity index (χ0) is 10.1. The Kier molecular flexibility index (Phi) is 1.81. The maximum absolute atomic E-state index is 12.9. The molecule has 1 aromatic heterocycles. The lowest BCUT2D eigenvalue weighted by molar-refractivity contribution is 0.433. The summed E-state index contributed by atoms with van der Waals surface area (Å²) in [7, 11) is 0. The van der Waals surface area contributed by atoms with Crippen LogP contribution in [-0.4, -0.2) is 10.1 Å². The van der Waals surface area contributed by atoms with Crippen molar-refractivity contribution in [2.24, 2.45) is 0 Å². The molecule has 2 rings (SSSR count). The van der Waals surface area contributed by atoms with Crippen LogP contribution < -0.4 is 11.5 Å². The lowest BCUT2D eigenvalue weighted by Gasteiger charge is -1.99. The van der Waals surface area contributed by atoms with Gasteiger partial charge in [-0.3, -0.25) is 0 Å². The maximum Gasteiger partial charge on any atom is 0.261 e. The molecule has 0 aliphatic heterocycles. The van der Waals surface area contributed by atoms with Crippen molar-refractivity contribution in [1.82, 2.24) is 10.1 Å². The monoisotopic (exact) mass is 194 g/mol. The number of nitrogen functional groups attached to an aromatic ring is 2. The summed E-state index contributed by atoms with van der Waals surface area (Å²) in [6.45, 7) is 0. The third-order valence-electron chi connectivity index (χ3n) is 1.69. The van der Waals surface area contributed by atoms with Crippen LogP contribution in [0.5, 0.6) is 0 Å². The van der Waals surface area contributed by atoms with Gasteiger partial charge in [0.15, 0.2) is 0 Å². The van der Waals surface area contributed by atoms with Gasteiger partial charge in [0, 0.05) is 5.69 Å². The summed E-state index contributed by atoms with van der Waals surface area (Å²) in [5.74, 6) is -0.325. The molecule has 72 valence electrons. The molecule has 0 amide bonds. The number of nitrogens with two attached hydrogens (primary N) is 2. The topological polar surface area (TPSA) is 91.0 Å². The molecule has 5 nitrogen and oxygen atoms in total. The van der Waals surface area contributed by atoms with Crippen LogP contribution >= 0.6 is 0 Å². The van der Waals surface area contributed by atoms with Crippen LogP contribution in [0.15, 0.2) is 22.7 Å². The molecule has 1 aromatic carbocycles. The van der Waals surface area contributed by atoms with E-state index in [1.54, 1.807) is 0 Å². The first-order valence-electron chi connectivity index (χ1n) is 3.81. The van der Waals surface area contributed by atoms with Crippen LogP contribution in [0.4, 0.5) is 16.0 Å². The fourth-order valence-corrected chi connectivity index (χ4v) is 1.06. The summed E-state index contributed by atoms with van der Waals surface area (Å²) in [5, 5.41) is 3.38. The van der Waals surface area contributed by atoms with Crippen molar-refractivity contribution in [2.75, 3.05) is 11.5 Å². The van der Waals surface area contributed by atoms with Crippen LogP contribution in [0, 0.1) is 5.82 Å². The summed E-state index contributed by atoms with van der Waals surface area (Å²) in [6, 6.07) is 3.88. The van der Waals surface area contributed by atoms with Crippen LogP contribution in [-0.2, 0) is 0 Å². The molecule has 0 atom stereocenters. The highest BCUT2D eigenvalue weighted by Crippen LogP contribution is 2.25. The molecule has 0 aliphatic rings. The zero-order valence-electron chi connectivity index (χ0n) is 7.07. The van der Waals surface area contributed by atoms with Gasteiger partial charge in [0.05, 0.1) is 5.56 Å². The number of benzene rings is 1. The molecular weight excluding hydrogens is 187 g/mol. The molecule has 0 radical (unpaired) electrons. The predicted octanol–water partition coefficient (Wildman–Crippen LogP) is 1.04. The molecule has 0 fully saturated rings. The smallest absolute Gasteiger partial charge is 0.261 e. The molecule has 4 N–H and O–H groups in total. The first-order valence-corrected chi connectivity index (χ1v) is 3.81. The average Bonchev–Trinajstić information content (AvgIpc) is 2.56. The van der Waals surface area contributed by atoms with E-state index >= 15 is 0 Å². The SMILES string of the molecule is Nc1noc(-c2cc(F)ccc2N)n1. The molecule has 0 aliphatic carbocycles. The highest BCUT2D eigenvalue weighted by molar-refractivity contribution is 5.70. The van der Waals surface area contributed by atoms with Gasteiger partial charge in [-0.15, -0.1) is 0 Å². The van der Waals surface area contributed by atoms with Gasteiger partial charge in [-0.05, 0) is 23.4 Å². The quantitative estimate of drug-likeness (QED) is 0.662. The summed E-state index contributed by atoms with van der Waals surface area (Å²) >= 11 is 0. The van der Waals surface area contributed by atoms with Crippen molar-refractivity contribution >= 4 is 11.6 Å². The first-order chi connectivity index (χ1) is 6.66. The van der Waals surface area contributed by atoms with E-state index < -0.39 is 5.82 Å². The lowest BCUT2D eigenvalue weighted by atomic mass is 10.2. The zero-order valence-corrected chi connectivity index (χ0v) is 7.07. The second kappa shape index (κ2) is 2.99. The number of hydrogen-bond donors (Lipinski definition) is 2. The van der Waals surface area contributed by atoms with E-state index in [1.807, 2.05) is 0 Å². The fraction of sp³-hybridized carbons (Fsp3) is 0. The largest absolute Gasteiger partial charge is 0.398 e. The minimum absolute atomic E-state index is 0.0105. The Morgan fingerprint density at radius 1 is 1.29 bits per heavy atom. The highest BCUT2D eigenvalue weighted by atomic mass is 19.1. The molecule has 14 heavy (non-hydrogen) atoms. The summed E-state index contributed by atoms with van der Waals surface area (Å²) in [4.78, 5) is 3.74. The number of nitrogens with zero attached hydrogens (tertiary/aromatic N) is 2. The van der Waals surface area contributed by atoms with E-state index in [2.05, 4.69) is 10.1 Å². The van der Waals surface area contributed by atoms with Gasteiger partial charge >= 0.3 is 0 Å². The van der Waals surface area contributed by atoms with Gasteiger partial charge in [-0.1, -0.05) is 0 Å². The average molecular weight is 194 g/mol. The summed E-state index contributed by atoms with van der Waals surface area (Å²) < 4.78 is 17.6. The van der Waals surface area contributed by atoms with E-state index in [9.17, 15) is 4.39 Å². The Labute approximate surface area is 78.5 Å². The van der Waals surface area contributed by atoms with Crippen LogP contribution in [0.2, 0.25) is 0 Å². The van der Waals surface area contributed by atoms with Crippen LogP contribution in [0.3, 0.4) is 0 Å². The van der Waals surface area contributed by atoms with Crippen molar-refractivity contribution in [3.05, 3.63) is 24.0 Å². The predicted molar refractivity (Wildman–Crippen MR) is 48.5 cm³/mol. The number of anilines is 2. The minimum Gasteiger partial charge on any atom is -0.398 e. The molecule has 0 unspecified atom stereocenters. The second-order valence-corrected chi connectivity index (χ2v) is 2.69. The van der Waals surface area contributed by atoms with Crippen LogP contribution in [0.25, 0.3) is 11.5 Å². The molecule has 0 bridgehead atoms. The van der Waals surface area contributed by atoms with Crippen molar-refractivity contribution in [1.29, 1.82) is 0 Å². The van der Waals surface area contributed by atoms with Gasteiger partial charge in [0.25, 0.3) is 11.8 Å². The van der Waals surface area contributed by atoms with Crippen molar-refractivity contribution in [3.63, 3.8) is 0 Å². The molecule has 0 saturated carbocycles. The number of aromatic nitrogens is 2. The standard InChI is InChI=1S/C8H7FN4O/c9-4-1-2-6(10)5(3-4)7-12-8(11)13-14-7/h1-3H,10H2,(H2,11,13). The molecule has 2 aromatic rings. The Hall–Kier alpha value is -2.11. The first kappa shape index (κ1) is 8.49. The van der Waals surface area contributed by atoms with E-state index in [0.717, 1.165) is 0 Å². The normalized spacial score (nSPS) is 10.4. The fourth-order valence-electron chi connectivity index (χ4n) is 1.06. The van der Waals surface area contributed by atoms with E-state index in [0.29, 0.717) is 11.3 Å². The van der Waals surface area contributed by atoms with Crippen molar-refractivity contribution in [2.45, 2.75) is 0 Å². The molecular formula is C8H7FN4O. The number of halogens is 1. The third kappa shape index (κ3) is 1.37. The Morgan fingerprint density at radius 3 is 2.71 bits per heavy atom. The van der Waals surface area contributed by atoms with E-state index in [-0.39, 0.29) is 11.8 Å². The van der Waals surface area contributed by atoms with Gasteiger partial charge in [-0.25, -0.2) is 4.39 Å². The van der Waals surface area contributed by atoms with E-state index in [1.165, 1.54) is 18.2 Å². The van der Waals surface area contributed by atoms with Crippen molar-refractivity contribution in [3.8, 4) is 11.5 Å². The third-order valence-corrected chi connectivity index (χ3v) is 1.69. The molecule has 6 heteroatoms. The highest BCUT2D eigenvalue weighted by Gasteiger charge is 2.10. The minimum atomic E-state index is -0.425. The van der Waals surface area contributed by atoms with E-state index in [4.69, 9.17) is 16.0 Å². The van der Waals surface area contributed by atoms with Gasteiger partial charge in [0.1, 0.15) is 5.82 Å². The Bertz CT molecular complexity index is 468. The molecule has 0 spiro atoms.